The number of aliphatic hydroxyl groups is 1. The Morgan fingerprint density at radius 2 is 2.50 bits per heavy atom. The topological polar surface area (TPSA) is 75.3 Å². The van der Waals surface area contributed by atoms with Crippen LogP contribution in [0.25, 0.3) is 0 Å². The Labute approximate surface area is 82.6 Å². The van der Waals surface area contributed by atoms with E-state index in [1.165, 1.54) is 0 Å². The van der Waals surface area contributed by atoms with E-state index >= 15 is 0 Å². The summed E-state index contributed by atoms with van der Waals surface area (Å²) in [7, 11) is 0. The van der Waals surface area contributed by atoms with Crippen LogP contribution in [-0.4, -0.2) is 34.3 Å². The molecule has 0 radical (unpaired) electrons. The number of aliphatic hydroxyl groups excluding tert-OH is 1. The molecule has 0 saturated carbocycles. The minimum Gasteiger partial charge on any atom is -0.394 e. The normalized spacial score (nSPS) is 21.5. The fraction of sp³-hybridized carbons (Fsp3) is 0.556. The van der Waals surface area contributed by atoms with Crippen LogP contribution in [0.4, 0.5) is 11.8 Å². The van der Waals surface area contributed by atoms with Crippen molar-refractivity contribution in [2.24, 2.45) is 0 Å². The van der Waals surface area contributed by atoms with Crippen molar-refractivity contribution < 1.29 is 5.11 Å². The van der Waals surface area contributed by atoms with E-state index in [0.29, 0.717) is 0 Å². The Balaban J connectivity index is 2.21. The number of hydrogen-bond donors (Lipinski definition) is 2. The number of anilines is 2. The molecule has 3 N–H and O–H groups in total. The molecular formula is C9H14N4O. The van der Waals surface area contributed by atoms with Crippen LogP contribution in [0.1, 0.15) is 12.8 Å². The molecule has 2 rings (SSSR count). The predicted molar refractivity (Wildman–Crippen MR) is 53.9 cm³/mol. The van der Waals surface area contributed by atoms with Gasteiger partial charge < -0.3 is 15.7 Å². The molecule has 1 saturated heterocycles. The summed E-state index contributed by atoms with van der Waals surface area (Å²) < 4.78 is 0. The third-order valence-electron chi connectivity index (χ3n) is 2.54. The molecule has 0 aromatic carbocycles. The van der Waals surface area contributed by atoms with Gasteiger partial charge in [-0.25, -0.2) is 4.98 Å². The van der Waals surface area contributed by atoms with Crippen LogP contribution in [0.15, 0.2) is 12.3 Å². The smallest absolute Gasteiger partial charge is 0.221 e. The van der Waals surface area contributed by atoms with Crippen molar-refractivity contribution >= 4 is 11.8 Å². The molecule has 0 spiro atoms. The van der Waals surface area contributed by atoms with Gasteiger partial charge in [0.05, 0.1) is 12.6 Å². The second-order valence-corrected chi connectivity index (χ2v) is 3.45. The average Bonchev–Trinajstić information content (AvgIpc) is 2.65. The van der Waals surface area contributed by atoms with E-state index in [0.717, 1.165) is 25.2 Å². The molecule has 0 amide bonds. The Kier molecular flexibility index (Phi) is 2.49. The summed E-state index contributed by atoms with van der Waals surface area (Å²) in [6.45, 7) is 1.10. The summed E-state index contributed by atoms with van der Waals surface area (Å²) in [5.41, 5.74) is 5.50. The van der Waals surface area contributed by atoms with Crippen molar-refractivity contribution in [3.63, 3.8) is 0 Å². The predicted octanol–water partition coefficient (Wildman–Crippen LogP) is 0.0199. The van der Waals surface area contributed by atoms with E-state index in [1.807, 2.05) is 6.07 Å². The van der Waals surface area contributed by atoms with Crippen molar-refractivity contribution in [2.75, 3.05) is 23.8 Å². The van der Waals surface area contributed by atoms with E-state index in [2.05, 4.69) is 14.9 Å². The van der Waals surface area contributed by atoms with Gasteiger partial charge in [-0.05, 0) is 18.9 Å². The van der Waals surface area contributed by atoms with Crippen LogP contribution < -0.4 is 10.6 Å². The lowest BCUT2D eigenvalue weighted by Gasteiger charge is -2.23. The summed E-state index contributed by atoms with van der Waals surface area (Å²) in [4.78, 5) is 10.1. The molecule has 5 heteroatoms. The van der Waals surface area contributed by atoms with Gasteiger partial charge in [-0.2, -0.15) is 4.98 Å². The van der Waals surface area contributed by atoms with Gasteiger partial charge in [0.15, 0.2) is 0 Å². The number of aromatic nitrogens is 2. The molecular weight excluding hydrogens is 180 g/mol. The molecule has 0 aliphatic carbocycles. The first-order chi connectivity index (χ1) is 6.81. The van der Waals surface area contributed by atoms with Crippen LogP contribution in [0.2, 0.25) is 0 Å². The molecule has 0 bridgehead atoms. The lowest BCUT2D eigenvalue weighted by atomic mass is 10.2. The molecule has 14 heavy (non-hydrogen) atoms. The zero-order chi connectivity index (χ0) is 9.97. The zero-order valence-corrected chi connectivity index (χ0v) is 7.93. The maximum atomic E-state index is 9.15. The maximum Gasteiger partial charge on any atom is 0.221 e. The van der Waals surface area contributed by atoms with Crippen molar-refractivity contribution in [1.29, 1.82) is 0 Å². The van der Waals surface area contributed by atoms with Gasteiger partial charge in [0.2, 0.25) is 5.95 Å². The van der Waals surface area contributed by atoms with Crippen LogP contribution in [0.3, 0.4) is 0 Å². The summed E-state index contributed by atoms with van der Waals surface area (Å²) in [6, 6.07) is 2.01. The quantitative estimate of drug-likeness (QED) is 0.694. The minimum atomic E-state index is 0.171. The highest BCUT2D eigenvalue weighted by molar-refractivity contribution is 5.43. The Morgan fingerprint density at radius 3 is 3.21 bits per heavy atom. The third-order valence-corrected chi connectivity index (χ3v) is 2.54. The number of hydrogen-bond acceptors (Lipinski definition) is 5. The van der Waals surface area contributed by atoms with Crippen molar-refractivity contribution in [3.8, 4) is 0 Å². The van der Waals surface area contributed by atoms with Crippen molar-refractivity contribution in [3.05, 3.63) is 12.3 Å². The van der Waals surface area contributed by atoms with Crippen LogP contribution >= 0.6 is 0 Å². The molecule has 1 aromatic heterocycles. The lowest BCUT2D eigenvalue weighted by Crippen LogP contribution is -2.32. The van der Waals surface area contributed by atoms with Gasteiger partial charge in [-0.1, -0.05) is 0 Å². The molecule has 2 heterocycles. The second kappa shape index (κ2) is 3.79. The zero-order valence-electron chi connectivity index (χ0n) is 7.93. The van der Waals surface area contributed by atoms with Crippen LogP contribution in [-0.2, 0) is 0 Å². The fourth-order valence-corrected chi connectivity index (χ4v) is 1.85. The minimum absolute atomic E-state index is 0.171. The van der Waals surface area contributed by atoms with Gasteiger partial charge in [-0.3, -0.25) is 0 Å². The van der Waals surface area contributed by atoms with Crippen LogP contribution in [0.5, 0.6) is 0 Å². The number of rotatable bonds is 2. The molecule has 1 aromatic rings. The first kappa shape index (κ1) is 9.21. The van der Waals surface area contributed by atoms with E-state index in [4.69, 9.17) is 10.8 Å². The first-order valence-electron chi connectivity index (χ1n) is 4.77. The Bertz CT molecular complexity index is 317. The number of nitrogen functional groups attached to an aromatic ring is 1. The van der Waals surface area contributed by atoms with Crippen molar-refractivity contribution in [1.82, 2.24) is 9.97 Å². The Morgan fingerprint density at radius 1 is 1.64 bits per heavy atom. The highest BCUT2D eigenvalue weighted by Crippen LogP contribution is 2.23. The second-order valence-electron chi connectivity index (χ2n) is 3.45. The summed E-state index contributed by atoms with van der Waals surface area (Å²) in [6.07, 6.45) is 3.75. The van der Waals surface area contributed by atoms with Gasteiger partial charge in [-0.15, -0.1) is 0 Å². The summed E-state index contributed by atoms with van der Waals surface area (Å²) in [5, 5.41) is 9.15. The summed E-state index contributed by atoms with van der Waals surface area (Å²) in [5.74, 6) is 1.10. The van der Waals surface area contributed by atoms with Gasteiger partial charge in [0, 0.05) is 12.7 Å². The molecule has 1 fully saturated rings. The molecule has 0 unspecified atom stereocenters. The molecule has 1 aliphatic rings. The Hall–Kier alpha value is -1.36. The summed E-state index contributed by atoms with van der Waals surface area (Å²) >= 11 is 0. The average molecular weight is 194 g/mol. The van der Waals surface area contributed by atoms with E-state index < -0.39 is 0 Å². The van der Waals surface area contributed by atoms with E-state index in [-0.39, 0.29) is 18.6 Å². The largest absolute Gasteiger partial charge is 0.394 e. The monoisotopic (exact) mass is 194 g/mol. The third kappa shape index (κ3) is 1.63. The molecule has 76 valence electrons. The maximum absolute atomic E-state index is 9.15. The molecule has 1 aliphatic heterocycles. The molecule has 5 nitrogen and oxygen atoms in total. The van der Waals surface area contributed by atoms with Crippen LogP contribution in [0, 0.1) is 0 Å². The lowest BCUT2D eigenvalue weighted by molar-refractivity contribution is 0.266. The fourth-order valence-electron chi connectivity index (χ4n) is 1.85. The molecule has 1 atom stereocenters. The van der Waals surface area contributed by atoms with Crippen molar-refractivity contribution in [2.45, 2.75) is 18.9 Å². The number of nitrogens with two attached hydrogens (primary N) is 1. The van der Waals surface area contributed by atoms with E-state index in [9.17, 15) is 0 Å². The SMILES string of the molecule is Nc1nccc(N2CCC[C@@H]2CO)n1. The van der Waals surface area contributed by atoms with E-state index in [1.54, 1.807) is 6.20 Å². The number of nitrogens with zero attached hydrogens (tertiary/aromatic N) is 3. The highest BCUT2D eigenvalue weighted by atomic mass is 16.3. The van der Waals surface area contributed by atoms with Gasteiger partial charge >= 0.3 is 0 Å². The van der Waals surface area contributed by atoms with Gasteiger partial charge in [0.1, 0.15) is 5.82 Å². The standard InChI is InChI=1S/C9H14N4O/c10-9-11-4-3-8(12-9)13-5-1-2-7(13)6-14/h3-4,7,14H,1-2,5-6H2,(H2,10,11,12)/t7-/m1/s1. The first-order valence-corrected chi connectivity index (χ1v) is 4.77. The van der Waals surface area contributed by atoms with Gasteiger partial charge in [0.25, 0.3) is 0 Å². The highest BCUT2D eigenvalue weighted by Gasteiger charge is 2.24.